The summed E-state index contributed by atoms with van der Waals surface area (Å²) in [5.41, 5.74) is 6.02. The van der Waals surface area contributed by atoms with Crippen molar-refractivity contribution in [2.24, 2.45) is 5.50 Å². The van der Waals surface area contributed by atoms with E-state index in [1.165, 1.54) is 0 Å². The van der Waals surface area contributed by atoms with Crippen LogP contribution in [-0.4, -0.2) is 14.2 Å². The number of hydrogen-bond acceptors (Lipinski definition) is 3. The van der Waals surface area contributed by atoms with E-state index >= 15 is 0 Å². The average molecular weight is 277 g/mol. The third kappa shape index (κ3) is 2.80. The molecule has 0 fully saturated rings. The molecule has 0 atom stereocenters. The largest absolute Gasteiger partial charge is 0.497 e. The van der Waals surface area contributed by atoms with Crippen LogP contribution in [0.5, 0.6) is 11.5 Å². The van der Waals surface area contributed by atoms with Crippen molar-refractivity contribution in [1.29, 1.82) is 0 Å². The Morgan fingerprint density at radius 1 is 0.789 bits per heavy atom. The molecule has 0 saturated heterocycles. The molecule has 5 heteroatoms. The lowest BCUT2D eigenvalue weighted by Gasteiger charge is -2.14. The van der Waals surface area contributed by atoms with Gasteiger partial charge in [0.05, 0.1) is 14.2 Å². The zero-order chi connectivity index (χ0) is 13.9. The second-order valence-electron chi connectivity index (χ2n) is 4.05. The molecule has 2 rings (SSSR count). The topological polar surface area (TPSA) is 61.5 Å². The fourth-order valence-corrected chi connectivity index (χ4v) is 3.24. The highest BCUT2D eigenvalue weighted by Crippen LogP contribution is 2.34. The molecule has 0 unspecified atom stereocenters. The third-order valence-electron chi connectivity index (χ3n) is 2.91. The average Bonchev–Trinajstić information content (AvgIpc) is 2.47. The summed E-state index contributed by atoms with van der Waals surface area (Å²) in [6, 6.07) is 13.9. The summed E-state index contributed by atoms with van der Waals surface area (Å²) in [5.74, 6) is 1.41. The van der Waals surface area contributed by atoms with Gasteiger partial charge in [0.25, 0.3) is 0 Å². The normalized spacial score (nSPS) is 11.1. The lowest BCUT2D eigenvalue weighted by atomic mass is 10.3. The van der Waals surface area contributed by atoms with E-state index in [-0.39, 0.29) is 0 Å². The summed E-state index contributed by atoms with van der Waals surface area (Å²) < 4.78 is 22.9. The molecule has 0 aliphatic carbocycles. The van der Waals surface area contributed by atoms with Crippen molar-refractivity contribution in [3.05, 3.63) is 48.5 Å². The highest BCUT2D eigenvalue weighted by Gasteiger charge is 2.21. The van der Waals surface area contributed by atoms with Crippen molar-refractivity contribution >= 4 is 17.9 Å². The highest BCUT2D eigenvalue weighted by atomic mass is 31.2. The molecule has 4 nitrogen and oxygen atoms in total. The molecule has 0 aromatic heterocycles. The van der Waals surface area contributed by atoms with Crippen molar-refractivity contribution in [2.45, 2.75) is 0 Å². The highest BCUT2D eigenvalue weighted by molar-refractivity contribution is 7.76. The van der Waals surface area contributed by atoms with Crippen molar-refractivity contribution in [3.63, 3.8) is 0 Å². The van der Waals surface area contributed by atoms with Gasteiger partial charge in [-0.25, -0.2) is 0 Å². The number of benzene rings is 2. The van der Waals surface area contributed by atoms with Crippen LogP contribution in [0, 0.1) is 0 Å². The Morgan fingerprint density at radius 3 is 1.37 bits per heavy atom. The standard InChI is InChI=1S/C14H16NO3P/c1-17-11-3-7-13(8-4-11)19(15,16)14-9-5-12(18-2)6-10-14/h3-10H,1-2H3,(H2,15,16). The molecule has 0 amide bonds. The maximum Gasteiger partial charge on any atom is 0.202 e. The van der Waals surface area contributed by atoms with E-state index < -0.39 is 7.29 Å². The number of ether oxygens (including phenoxy) is 2. The van der Waals surface area contributed by atoms with Crippen LogP contribution in [0.4, 0.5) is 0 Å². The summed E-state index contributed by atoms with van der Waals surface area (Å²) in [6.07, 6.45) is 0. The monoisotopic (exact) mass is 277 g/mol. The molecule has 0 aliphatic rings. The summed E-state index contributed by atoms with van der Waals surface area (Å²) >= 11 is 0. The van der Waals surface area contributed by atoms with Gasteiger partial charge < -0.3 is 9.47 Å². The van der Waals surface area contributed by atoms with Crippen LogP contribution in [0.1, 0.15) is 0 Å². The predicted molar refractivity (Wildman–Crippen MR) is 77.0 cm³/mol. The molecule has 0 bridgehead atoms. The molecule has 2 aromatic carbocycles. The van der Waals surface area contributed by atoms with Crippen molar-refractivity contribution in [2.75, 3.05) is 14.2 Å². The zero-order valence-electron chi connectivity index (χ0n) is 10.9. The lowest BCUT2D eigenvalue weighted by Crippen LogP contribution is -2.21. The summed E-state index contributed by atoms with van der Waals surface area (Å²) in [4.78, 5) is 0. The molecule has 2 aromatic rings. The molecule has 19 heavy (non-hydrogen) atoms. The number of nitrogens with two attached hydrogens (primary N) is 1. The Bertz CT molecular complexity index is 542. The first-order chi connectivity index (χ1) is 9.07. The van der Waals surface area contributed by atoms with Crippen LogP contribution in [0.15, 0.2) is 48.5 Å². The Morgan fingerprint density at radius 2 is 1.11 bits per heavy atom. The molecule has 0 radical (unpaired) electrons. The molecule has 0 aliphatic heterocycles. The molecular formula is C14H16NO3P. The lowest BCUT2D eigenvalue weighted by molar-refractivity contribution is 0.415. The summed E-state index contributed by atoms with van der Waals surface area (Å²) in [5, 5.41) is 1.19. The van der Waals surface area contributed by atoms with Crippen LogP contribution in [0.3, 0.4) is 0 Å². The van der Waals surface area contributed by atoms with Gasteiger partial charge in [-0.3, -0.25) is 10.1 Å². The first-order valence-corrected chi connectivity index (χ1v) is 7.53. The fourth-order valence-electron chi connectivity index (χ4n) is 1.76. The first-order valence-electron chi connectivity index (χ1n) is 5.76. The van der Waals surface area contributed by atoms with E-state index in [4.69, 9.17) is 15.0 Å². The first kappa shape index (κ1) is 13.7. The van der Waals surface area contributed by atoms with Gasteiger partial charge in [0.1, 0.15) is 11.5 Å². The van der Waals surface area contributed by atoms with Crippen molar-refractivity contribution in [1.82, 2.24) is 0 Å². The third-order valence-corrected chi connectivity index (χ3v) is 5.04. The van der Waals surface area contributed by atoms with E-state index in [1.807, 2.05) is 0 Å². The van der Waals surface area contributed by atoms with Crippen LogP contribution < -0.4 is 25.6 Å². The van der Waals surface area contributed by atoms with E-state index in [9.17, 15) is 4.57 Å². The number of rotatable bonds is 4. The number of methoxy groups -OCH3 is 2. The minimum absolute atomic E-state index is 0.596. The maximum atomic E-state index is 12.7. The van der Waals surface area contributed by atoms with Crippen molar-refractivity contribution < 1.29 is 14.0 Å². The summed E-state index contributed by atoms with van der Waals surface area (Å²) in [6.45, 7) is 0. The van der Waals surface area contributed by atoms with Gasteiger partial charge in [0.15, 0.2) is 0 Å². The van der Waals surface area contributed by atoms with Crippen LogP contribution in [0.25, 0.3) is 0 Å². The Labute approximate surface area is 112 Å². The van der Waals surface area contributed by atoms with Gasteiger partial charge in [-0.2, -0.15) is 0 Å². The van der Waals surface area contributed by atoms with Gasteiger partial charge in [0.2, 0.25) is 7.29 Å². The van der Waals surface area contributed by atoms with Crippen LogP contribution in [-0.2, 0) is 4.57 Å². The second kappa shape index (κ2) is 5.47. The quantitative estimate of drug-likeness (QED) is 0.867. The second-order valence-corrected chi connectivity index (χ2v) is 6.40. The minimum Gasteiger partial charge on any atom is -0.497 e. The Kier molecular flexibility index (Phi) is 3.93. The summed E-state index contributed by atoms with van der Waals surface area (Å²) in [7, 11) is 0.0987. The smallest absolute Gasteiger partial charge is 0.202 e. The molecule has 2 N–H and O–H groups in total. The fraction of sp³-hybridized carbons (Fsp3) is 0.143. The van der Waals surface area contributed by atoms with E-state index in [0.29, 0.717) is 22.1 Å². The molecule has 100 valence electrons. The van der Waals surface area contributed by atoms with Crippen molar-refractivity contribution in [3.8, 4) is 11.5 Å². The zero-order valence-corrected chi connectivity index (χ0v) is 11.8. The van der Waals surface area contributed by atoms with Gasteiger partial charge in [-0.1, -0.05) is 0 Å². The van der Waals surface area contributed by atoms with Crippen LogP contribution >= 0.6 is 7.29 Å². The SMILES string of the molecule is COc1ccc(P(N)(=O)c2ccc(OC)cc2)cc1. The van der Waals surface area contributed by atoms with E-state index in [0.717, 1.165) is 0 Å². The van der Waals surface area contributed by atoms with Gasteiger partial charge in [0, 0.05) is 10.6 Å². The van der Waals surface area contributed by atoms with Gasteiger partial charge >= 0.3 is 0 Å². The molecule has 0 spiro atoms. The van der Waals surface area contributed by atoms with E-state index in [1.54, 1.807) is 62.8 Å². The van der Waals surface area contributed by atoms with Gasteiger partial charge in [-0.05, 0) is 48.5 Å². The minimum atomic E-state index is -3.07. The van der Waals surface area contributed by atoms with Gasteiger partial charge in [-0.15, -0.1) is 0 Å². The predicted octanol–water partition coefficient (Wildman–Crippen LogP) is 1.89. The molecule has 0 heterocycles. The Hall–Kier alpha value is -1.77. The molecular weight excluding hydrogens is 261 g/mol. The van der Waals surface area contributed by atoms with E-state index in [2.05, 4.69) is 0 Å². The number of hydrogen-bond donors (Lipinski definition) is 1. The maximum absolute atomic E-state index is 12.7. The molecule has 0 saturated carbocycles. The van der Waals surface area contributed by atoms with Crippen LogP contribution in [0.2, 0.25) is 0 Å². The Balaban J connectivity index is 2.36.